The third kappa shape index (κ3) is 4.73. The van der Waals surface area contributed by atoms with Gasteiger partial charge in [0.05, 0.1) is 22.5 Å². The summed E-state index contributed by atoms with van der Waals surface area (Å²) in [5, 5.41) is 17.0. The lowest BCUT2D eigenvalue weighted by atomic mass is 9.98. The summed E-state index contributed by atoms with van der Waals surface area (Å²) in [5.41, 5.74) is -0.811. The second kappa shape index (κ2) is 10.1. The van der Waals surface area contributed by atoms with E-state index in [0.717, 1.165) is 4.88 Å². The summed E-state index contributed by atoms with van der Waals surface area (Å²) in [6.45, 7) is 6.86. The van der Waals surface area contributed by atoms with Crippen molar-refractivity contribution in [3.8, 4) is 16.5 Å². The number of fused-ring (bicyclic) bond motifs is 1. The molecule has 0 spiro atoms. The van der Waals surface area contributed by atoms with Gasteiger partial charge in [-0.15, -0.1) is 17.9 Å². The normalized spacial score (nSPS) is 27.7. The molecule has 3 aliphatic rings. The molecule has 13 heteroatoms. The smallest absolute Gasteiger partial charge is 0.408 e. The van der Waals surface area contributed by atoms with E-state index >= 15 is 0 Å². The molecular formula is C29H29N5O7S. The number of hydrogen-bond donors (Lipinski definition) is 3. The summed E-state index contributed by atoms with van der Waals surface area (Å²) in [6, 6.07) is 9.04. The van der Waals surface area contributed by atoms with Crippen molar-refractivity contribution in [2.75, 3.05) is 6.54 Å². The summed E-state index contributed by atoms with van der Waals surface area (Å²) in [4.78, 5) is 63.2. The van der Waals surface area contributed by atoms with Crippen LogP contribution in [0.15, 0.2) is 54.4 Å². The summed E-state index contributed by atoms with van der Waals surface area (Å²) in [7, 11) is 0. The van der Waals surface area contributed by atoms with E-state index in [2.05, 4.69) is 17.2 Å². The fourth-order valence-corrected chi connectivity index (χ4v) is 6.34. The third-order valence-corrected chi connectivity index (χ3v) is 8.88. The monoisotopic (exact) mass is 591 g/mol. The van der Waals surface area contributed by atoms with Crippen LogP contribution in [0.25, 0.3) is 21.6 Å². The number of nitrogens with zero attached hydrogens (tertiary/aromatic N) is 3. The molecule has 3 amide bonds. The number of aromatic nitrogens is 2. The molecule has 0 unspecified atom stereocenters. The Kier molecular flexibility index (Phi) is 6.64. The predicted molar refractivity (Wildman–Crippen MR) is 152 cm³/mol. The lowest BCUT2D eigenvalue weighted by molar-refractivity contribution is -0.146. The van der Waals surface area contributed by atoms with Gasteiger partial charge in [-0.2, -0.15) is 0 Å². The first-order valence-corrected chi connectivity index (χ1v) is 14.4. The number of rotatable bonds is 8. The molecule has 0 radical (unpaired) electrons. The van der Waals surface area contributed by atoms with Crippen molar-refractivity contribution < 1.29 is 33.8 Å². The lowest BCUT2D eigenvalue weighted by Crippen LogP contribution is -2.58. The average molecular weight is 592 g/mol. The number of cyclic esters (lactones) is 1. The van der Waals surface area contributed by atoms with Gasteiger partial charge in [-0.25, -0.2) is 19.6 Å². The Bertz CT molecular complexity index is 1610. The fourth-order valence-electron chi connectivity index (χ4n) is 5.64. The van der Waals surface area contributed by atoms with Gasteiger partial charge in [-0.05, 0) is 43.8 Å². The summed E-state index contributed by atoms with van der Waals surface area (Å²) >= 11 is 1.47. The summed E-state index contributed by atoms with van der Waals surface area (Å²) in [5.74, 6) is -2.52. The molecule has 42 heavy (non-hydrogen) atoms. The van der Waals surface area contributed by atoms with E-state index < -0.39 is 59.1 Å². The zero-order valence-electron chi connectivity index (χ0n) is 22.9. The highest BCUT2D eigenvalue weighted by atomic mass is 32.1. The quantitative estimate of drug-likeness (QED) is 0.335. The van der Waals surface area contributed by atoms with E-state index in [1.165, 1.54) is 22.3 Å². The Morgan fingerprint density at radius 2 is 1.95 bits per heavy atom. The van der Waals surface area contributed by atoms with E-state index in [0.29, 0.717) is 16.7 Å². The first kappa shape index (κ1) is 27.6. The van der Waals surface area contributed by atoms with Crippen molar-refractivity contribution in [2.45, 2.75) is 56.0 Å². The molecule has 2 saturated heterocycles. The summed E-state index contributed by atoms with van der Waals surface area (Å²) < 4.78 is 11.7. The van der Waals surface area contributed by atoms with Gasteiger partial charge < -0.3 is 30.1 Å². The maximum absolute atomic E-state index is 13.8. The molecule has 3 fully saturated rings. The predicted octanol–water partition coefficient (Wildman–Crippen LogP) is 2.74. The van der Waals surface area contributed by atoms with E-state index in [1.807, 2.05) is 41.8 Å². The van der Waals surface area contributed by atoms with Gasteiger partial charge >= 0.3 is 12.1 Å². The number of carboxylic acid groups (broad SMARTS) is 1. The van der Waals surface area contributed by atoms with Crippen LogP contribution in [-0.4, -0.2) is 79.7 Å². The van der Waals surface area contributed by atoms with Gasteiger partial charge in [0.1, 0.15) is 29.0 Å². The van der Waals surface area contributed by atoms with Crippen molar-refractivity contribution >= 4 is 46.2 Å². The minimum Gasteiger partial charge on any atom is -0.479 e. The number of hydrogen-bond acceptors (Lipinski definition) is 9. The largest absolute Gasteiger partial charge is 0.479 e. The number of amides is 3. The first-order valence-electron chi connectivity index (χ1n) is 13.5. The van der Waals surface area contributed by atoms with Gasteiger partial charge in [-0.1, -0.05) is 24.3 Å². The molecule has 3 N–H and O–H groups in total. The van der Waals surface area contributed by atoms with Crippen molar-refractivity contribution in [3.63, 3.8) is 0 Å². The zero-order chi connectivity index (χ0) is 29.8. The number of aliphatic carboxylic acids is 1. The number of benzene rings is 1. The van der Waals surface area contributed by atoms with Crippen LogP contribution in [0.3, 0.4) is 0 Å². The highest BCUT2D eigenvalue weighted by Crippen LogP contribution is 2.45. The van der Waals surface area contributed by atoms with Gasteiger partial charge in [0, 0.05) is 12.3 Å². The van der Waals surface area contributed by atoms with Crippen molar-refractivity contribution in [1.82, 2.24) is 25.5 Å². The van der Waals surface area contributed by atoms with Crippen LogP contribution in [0.5, 0.6) is 5.88 Å². The molecule has 6 rings (SSSR count). The molecule has 2 aromatic heterocycles. The van der Waals surface area contributed by atoms with E-state index in [4.69, 9.17) is 19.4 Å². The highest BCUT2D eigenvalue weighted by molar-refractivity contribution is 7.13. The van der Waals surface area contributed by atoms with Crippen LogP contribution in [0, 0.1) is 5.92 Å². The Balaban J connectivity index is 1.32. The van der Waals surface area contributed by atoms with Crippen LogP contribution in [0.4, 0.5) is 4.79 Å². The first-order chi connectivity index (χ1) is 20.0. The summed E-state index contributed by atoms with van der Waals surface area (Å²) in [6.07, 6.45) is 0.335. The number of carbonyl (C=O) groups excluding carboxylic acids is 3. The second-order valence-corrected chi connectivity index (χ2v) is 12.2. The van der Waals surface area contributed by atoms with Crippen LogP contribution in [0.2, 0.25) is 0 Å². The zero-order valence-corrected chi connectivity index (χ0v) is 23.7. The number of carboxylic acids is 1. The van der Waals surface area contributed by atoms with Crippen molar-refractivity contribution in [3.05, 3.63) is 54.4 Å². The average Bonchev–Trinajstić information content (AvgIpc) is 3.28. The number of para-hydroxylation sites is 2. The van der Waals surface area contributed by atoms with Gasteiger partial charge in [0.2, 0.25) is 17.7 Å². The Labute approximate surface area is 244 Å². The minimum absolute atomic E-state index is 0.0112. The van der Waals surface area contributed by atoms with Crippen LogP contribution >= 0.6 is 11.3 Å². The molecule has 2 aliphatic heterocycles. The number of alkyl carbamates (subject to hydrolysis) is 1. The van der Waals surface area contributed by atoms with Gasteiger partial charge in [0.25, 0.3) is 0 Å². The Morgan fingerprint density at radius 1 is 1.21 bits per heavy atom. The molecular weight excluding hydrogens is 562 g/mol. The lowest BCUT2D eigenvalue weighted by Gasteiger charge is -2.30. The standard InChI is InChI=1S/C29H29N5O7S/c1-4-15-13-29(15,26(37)38)33-23(35)19-12-16(14-34(19)25(36)22-28(2,3)41-27(39)32-22)40-24-21(20-10-7-11-42-20)30-17-8-5-6-9-18(17)31-24/h4-11,15-16,19,22H,1,12-14H2,2-3H3,(H,32,39)(H,33,35)(H,37,38)/t15-,16-,19+,22-,29-/m1/s1. The SMILES string of the molecule is C=C[C@@H]1C[C@]1(NC(=O)[C@@H]1C[C@@H](Oc2nc3ccccc3nc2-c2cccs2)CN1C(=O)[C@H]1NC(=O)OC1(C)C)C(=O)O. The van der Waals surface area contributed by atoms with Crippen molar-refractivity contribution in [1.29, 1.82) is 0 Å². The molecule has 1 saturated carbocycles. The molecule has 1 aliphatic carbocycles. The fraction of sp³-hybridized carbons (Fsp3) is 0.379. The maximum atomic E-state index is 13.8. The molecule has 0 bridgehead atoms. The maximum Gasteiger partial charge on any atom is 0.408 e. The molecule has 5 atom stereocenters. The van der Waals surface area contributed by atoms with Crippen LogP contribution < -0.4 is 15.4 Å². The van der Waals surface area contributed by atoms with Gasteiger partial charge in [-0.3, -0.25) is 9.59 Å². The topological polar surface area (TPSA) is 160 Å². The van der Waals surface area contributed by atoms with Crippen LogP contribution in [-0.2, 0) is 19.1 Å². The molecule has 1 aromatic carbocycles. The van der Waals surface area contributed by atoms with E-state index in [1.54, 1.807) is 13.8 Å². The molecule has 3 aromatic rings. The molecule has 218 valence electrons. The van der Waals surface area contributed by atoms with E-state index in [9.17, 15) is 24.3 Å². The highest BCUT2D eigenvalue weighted by Gasteiger charge is 2.61. The Hall–Kier alpha value is -4.52. The number of ether oxygens (including phenoxy) is 2. The minimum atomic E-state index is -1.48. The number of nitrogens with one attached hydrogen (secondary N) is 2. The van der Waals surface area contributed by atoms with E-state index in [-0.39, 0.29) is 25.3 Å². The van der Waals surface area contributed by atoms with Gasteiger partial charge in [0.15, 0.2) is 6.04 Å². The van der Waals surface area contributed by atoms with Crippen LogP contribution in [0.1, 0.15) is 26.7 Å². The number of carbonyl (C=O) groups is 4. The molecule has 12 nitrogen and oxygen atoms in total. The third-order valence-electron chi connectivity index (χ3n) is 8.01. The second-order valence-electron chi connectivity index (χ2n) is 11.2. The number of thiophene rings is 1. The Morgan fingerprint density at radius 3 is 2.55 bits per heavy atom. The molecule has 4 heterocycles. The van der Waals surface area contributed by atoms with Crippen molar-refractivity contribution in [2.24, 2.45) is 5.92 Å². The number of likely N-dealkylation sites (tertiary alicyclic amines) is 1.